The standard InChI is InChI=1S/C10H9BrN4O/c11-7-1-2-9(15-4-3-13-6-15)8(5-7)10(12)14-16/h1-6,16H,(H2,12,14). The summed E-state index contributed by atoms with van der Waals surface area (Å²) in [4.78, 5) is 3.96. The van der Waals surface area contributed by atoms with Crippen molar-refractivity contribution in [3.05, 3.63) is 47.0 Å². The molecule has 2 rings (SSSR count). The molecule has 2 aromatic rings. The number of amidine groups is 1. The van der Waals surface area contributed by atoms with E-state index in [0.29, 0.717) is 5.56 Å². The van der Waals surface area contributed by atoms with Crippen LogP contribution in [0.5, 0.6) is 0 Å². The van der Waals surface area contributed by atoms with Gasteiger partial charge in [-0.05, 0) is 18.2 Å². The number of oxime groups is 1. The maximum absolute atomic E-state index is 8.72. The molecule has 0 bridgehead atoms. The van der Waals surface area contributed by atoms with Gasteiger partial charge in [0.15, 0.2) is 5.84 Å². The van der Waals surface area contributed by atoms with E-state index < -0.39 is 0 Å². The van der Waals surface area contributed by atoms with Crippen LogP contribution >= 0.6 is 15.9 Å². The minimum atomic E-state index is 0.0602. The molecular formula is C10H9BrN4O. The number of nitrogens with two attached hydrogens (primary N) is 1. The van der Waals surface area contributed by atoms with E-state index >= 15 is 0 Å². The third-order valence-corrected chi connectivity index (χ3v) is 2.62. The van der Waals surface area contributed by atoms with Gasteiger partial charge in [0, 0.05) is 22.4 Å². The Morgan fingerprint density at radius 2 is 2.31 bits per heavy atom. The van der Waals surface area contributed by atoms with E-state index in [0.717, 1.165) is 10.2 Å². The molecule has 1 aromatic heterocycles. The maximum Gasteiger partial charge on any atom is 0.172 e. The quantitative estimate of drug-likeness (QED) is 0.381. The highest BCUT2D eigenvalue weighted by atomic mass is 79.9. The van der Waals surface area contributed by atoms with Crippen LogP contribution in [-0.4, -0.2) is 20.6 Å². The van der Waals surface area contributed by atoms with Crippen molar-refractivity contribution < 1.29 is 5.21 Å². The normalized spacial score (nSPS) is 11.7. The average molecular weight is 281 g/mol. The lowest BCUT2D eigenvalue weighted by atomic mass is 10.1. The van der Waals surface area contributed by atoms with Gasteiger partial charge in [-0.1, -0.05) is 21.1 Å². The van der Waals surface area contributed by atoms with Crippen LogP contribution in [0.4, 0.5) is 0 Å². The lowest BCUT2D eigenvalue weighted by Crippen LogP contribution is -2.16. The molecular weight excluding hydrogens is 272 g/mol. The van der Waals surface area contributed by atoms with Crippen LogP contribution in [0.1, 0.15) is 5.56 Å². The van der Waals surface area contributed by atoms with Gasteiger partial charge in [-0.15, -0.1) is 0 Å². The first kappa shape index (κ1) is 10.7. The molecule has 0 fully saturated rings. The molecule has 3 N–H and O–H groups in total. The van der Waals surface area contributed by atoms with E-state index in [4.69, 9.17) is 10.9 Å². The number of hydrogen-bond donors (Lipinski definition) is 2. The van der Waals surface area contributed by atoms with Crippen LogP contribution in [0, 0.1) is 0 Å². The zero-order valence-corrected chi connectivity index (χ0v) is 9.79. The zero-order chi connectivity index (χ0) is 11.5. The Kier molecular flexibility index (Phi) is 2.91. The van der Waals surface area contributed by atoms with Gasteiger partial charge in [0.05, 0.1) is 12.0 Å². The molecule has 0 aliphatic rings. The number of halogens is 1. The van der Waals surface area contributed by atoms with Crippen molar-refractivity contribution in [3.8, 4) is 5.69 Å². The molecule has 0 unspecified atom stereocenters. The van der Waals surface area contributed by atoms with Crippen molar-refractivity contribution in [2.75, 3.05) is 0 Å². The predicted molar refractivity (Wildman–Crippen MR) is 63.8 cm³/mol. The Bertz CT molecular complexity index is 522. The van der Waals surface area contributed by atoms with Crippen LogP contribution in [-0.2, 0) is 0 Å². The van der Waals surface area contributed by atoms with E-state index in [1.807, 2.05) is 12.1 Å². The number of hydrogen-bond acceptors (Lipinski definition) is 3. The third kappa shape index (κ3) is 1.92. The van der Waals surface area contributed by atoms with E-state index in [-0.39, 0.29) is 5.84 Å². The number of imidazole rings is 1. The molecule has 6 heteroatoms. The molecule has 1 aromatic carbocycles. The number of rotatable bonds is 2. The Morgan fingerprint density at radius 1 is 1.50 bits per heavy atom. The first-order valence-electron chi connectivity index (χ1n) is 4.48. The lowest BCUT2D eigenvalue weighted by molar-refractivity contribution is 0.318. The molecule has 0 saturated heterocycles. The fourth-order valence-electron chi connectivity index (χ4n) is 1.39. The average Bonchev–Trinajstić information content (AvgIpc) is 2.81. The molecule has 82 valence electrons. The minimum absolute atomic E-state index is 0.0602. The first-order chi connectivity index (χ1) is 7.72. The largest absolute Gasteiger partial charge is 0.409 e. The summed E-state index contributed by atoms with van der Waals surface area (Å²) in [6.07, 6.45) is 5.10. The van der Waals surface area contributed by atoms with Crippen LogP contribution in [0.2, 0.25) is 0 Å². The zero-order valence-electron chi connectivity index (χ0n) is 8.21. The summed E-state index contributed by atoms with van der Waals surface area (Å²) in [6, 6.07) is 5.52. The number of benzene rings is 1. The SMILES string of the molecule is N/C(=N/O)c1cc(Br)ccc1-n1ccnc1. The summed E-state index contributed by atoms with van der Waals surface area (Å²) < 4.78 is 2.65. The van der Waals surface area contributed by atoms with Crippen molar-refractivity contribution in [1.29, 1.82) is 0 Å². The highest BCUT2D eigenvalue weighted by Gasteiger charge is 2.09. The molecule has 0 aliphatic carbocycles. The van der Waals surface area contributed by atoms with Gasteiger partial charge < -0.3 is 15.5 Å². The molecule has 0 amide bonds. The first-order valence-corrected chi connectivity index (χ1v) is 5.27. The summed E-state index contributed by atoms with van der Waals surface area (Å²) in [5.74, 6) is 0.0602. The summed E-state index contributed by atoms with van der Waals surface area (Å²) in [5.41, 5.74) is 7.05. The second-order valence-electron chi connectivity index (χ2n) is 3.12. The van der Waals surface area contributed by atoms with Gasteiger partial charge in [-0.3, -0.25) is 0 Å². The van der Waals surface area contributed by atoms with E-state index in [1.165, 1.54) is 0 Å². The van der Waals surface area contributed by atoms with Crippen molar-refractivity contribution in [3.63, 3.8) is 0 Å². The van der Waals surface area contributed by atoms with E-state index in [2.05, 4.69) is 26.1 Å². The molecule has 0 aliphatic heterocycles. The number of nitrogens with zero attached hydrogens (tertiary/aromatic N) is 3. The second-order valence-corrected chi connectivity index (χ2v) is 4.03. The fraction of sp³-hybridized carbons (Fsp3) is 0. The van der Waals surface area contributed by atoms with Gasteiger partial charge >= 0.3 is 0 Å². The molecule has 0 atom stereocenters. The maximum atomic E-state index is 8.72. The summed E-state index contributed by atoms with van der Waals surface area (Å²) in [6.45, 7) is 0. The van der Waals surface area contributed by atoms with Gasteiger partial charge in [-0.2, -0.15) is 0 Å². The molecule has 16 heavy (non-hydrogen) atoms. The van der Waals surface area contributed by atoms with Gasteiger partial charge in [-0.25, -0.2) is 4.98 Å². The minimum Gasteiger partial charge on any atom is -0.409 e. The molecule has 5 nitrogen and oxygen atoms in total. The van der Waals surface area contributed by atoms with Gasteiger partial charge in [0.25, 0.3) is 0 Å². The van der Waals surface area contributed by atoms with Crippen LogP contribution in [0.25, 0.3) is 5.69 Å². The Morgan fingerprint density at radius 3 is 2.94 bits per heavy atom. The van der Waals surface area contributed by atoms with Crippen molar-refractivity contribution in [1.82, 2.24) is 9.55 Å². The molecule has 0 spiro atoms. The Labute approximate surface area is 100 Å². The topological polar surface area (TPSA) is 76.4 Å². The van der Waals surface area contributed by atoms with Crippen molar-refractivity contribution in [2.45, 2.75) is 0 Å². The number of aromatic nitrogens is 2. The van der Waals surface area contributed by atoms with Crippen LogP contribution in [0.3, 0.4) is 0 Å². The summed E-state index contributed by atoms with van der Waals surface area (Å²) >= 11 is 3.34. The monoisotopic (exact) mass is 280 g/mol. The lowest BCUT2D eigenvalue weighted by Gasteiger charge is -2.09. The van der Waals surface area contributed by atoms with Crippen LogP contribution < -0.4 is 5.73 Å². The molecule has 0 saturated carbocycles. The van der Waals surface area contributed by atoms with Crippen molar-refractivity contribution >= 4 is 21.8 Å². The van der Waals surface area contributed by atoms with E-state index in [9.17, 15) is 0 Å². The smallest absolute Gasteiger partial charge is 0.172 e. The highest BCUT2D eigenvalue weighted by molar-refractivity contribution is 9.10. The summed E-state index contributed by atoms with van der Waals surface area (Å²) in [5, 5.41) is 11.7. The Balaban J connectivity index is 2.62. The predicted octanol–water partition coefficient (Wildman–Crippen LogP) is 1.73. The summed E-state index contributed by atoms with van der Waals surface area (Å²) in [7, 11) is 0. The molecule has 0 radical (unpaired) electrons. The Hall–Kier alpha value is -1.82. The highest BCUT2D eigenvalue weighted by Crippen LogP contribution is 2.19. The van der Waals surface area contributed by atoms with Crippen molar-refractivity contribution in [2.24, 2.45) is 10.9 Å². The van der Waals surface area contributed by atoms with Crippen LogP contribution in [0.15, 0.2) is 46.5 Å². The molecule has 1 heterocycles. The van der Waals surface area contributed by atoms with Gasteiger partial charge in [0.2, 0.25) is 0 Å². The second kappa shape index (κ2) is 4.36. The van der Waals surface area contributed by atoms with E-state index in [1.54, 1.807) is 29.4 Å². The third-order valence-electron chi connectivity index (χ3n) is 2.12. The van der Waals surface area contributed by atoms with Gasteiger partial charge in [0.1, 0.15) is 0 Å². The fourth-order valence-corrected chi connectivity index (χ4v) is 1.76.